The lowest BCUT2D eigenvalue weighted by molar-refractivity contribution is 0.0651. The van der Waals surface area contributed by atoms with Gasteiger partial charge in [-0.2, -0.15) is 0 Å². The summed E-state index contributed by atoms with van der Waals surface area (Å²) in [5, 5.41) is 0. The first-order valence-electron chi connectivity index (χ1n) is 5.62. The fraction of sp³-hybridized carbons (Fsp3) is 0. The summed E-state index contributed by atoms with van der Waals surface area (Å²) in [5.41, 5.74) is 0.792. The van der Waals surface area contributed by atoms with Crippen molar-refractivity contribution >= 4 is 11.9 Å². The van der Waals surface area contributed by atoms with Crippen molar-refractivity contribution in [1.29, 1.82) is 0 Å². The molecule has 0 aromatic heterocycles. The van der Waals surface area contributed by atoms with Crippen LogP contribution >= 0.6 is 0 Å². The van der Waals surface area contributed by atoms with Gasteiger partial charge in [-0.05, 0) is 24.3 Å². The first-order chi connectivity index (χ1) is 9.24. The Bertz CT molecular complexity index is 684. The molecule has 0 spiro atoms. The summed E-state index contributed by atoms with van der Waals surface area (Å²) in [6.45, 7) is 0. The van der Waals surface area contributed by atoms with Crippen molar-refractivity contribution in [3.05, 3.63) is 47.5 Å². The van der Waals surface area contributed by atoms with Crippen LogP contribution in [0.25, 0.3) is 0 Å². The Hall–Kier alpha value is -2.82. The second-order valence-electron chi connectivity index (χ2n) is 4.14. The highest BCUT2D eigenvalue weighted by Gasteiger charge is 2.34. The van der Waals surface area contributed by atoms with Crippen LogP contribution in [-0.4, -0.2) is 11.9 Å². The van der Waals surface area contributed by atoms with Crippen molar-refractivity contribution in [2.24, 2.45) is 0 Å². The van der Waals surface area contributed by atoms with Gasteiger partial charge in [0.05, 0.1) is 0 Å². The highest BCUT2D eigenvalue weighted by atomic mass is 16.6. The van der Waals surface area contributed by atoms with Gasteiger partial charge in [0.15, 0.2) is 0 Å². The summed E-state index contributed by atoms with van der Waals surface area (Å²) < 4.78 is 15.3. The largest absolute Gasteiger partial charge is 0.455 e. The van der Waals surface area contributed by atoms with Crippen LogP contribution in [0.5, 0.6) is 23.0 Å². The molecule has 0 aliphatic carbocycles. The Morgan fingerprint density at radius 3 is 1.63 bits per heavy atom. The fourth-order valence-electron chi connectivity index (χ4n) is 2.09. The third kappa shape index (κ3) is 1.29. The number of benzene rings is 2. The summed E-state index contributed by atoms with van der Waals surface area (Å²) in [5.74, 6) is 0.870. The quantitative estimate of drug-likeness (QED) is 0.770. The predicted molar refractivity (Wildman–Crippen MR) is 62.9 cm³/mol. The maximum Gasteiger partial charge on any atom is 0.351 e. The average molecular weight is 254 g/mol. The van der Waals surface area contributed by atoms with E-state index in [0.717, 1.165) is 0 Å². The number of rotatable bonds is 2. The summed E-state index contributed by atoms with van der Waals surface area (Å²) in [6.07, 6.45) is 0. The van der Waals surface area contributed by atoms with Crippen LogP contribution in [0.15, 0.2) is 36.4 Å². The van der Waals surface area contributed by atoms with E-state index in [1.54, 1.807) is 36.4 Å². The van der Waals surface area contributed by atoms with Gasteiger partial charge in [-0.15, -0.1) is 0 Å². The van der Waals surface area contributed by atoms with E-state index < -0.39 is 11.9 Å². The standard InChI is InChI=1S/C14H6O5/c15-13-11-7(3-1-5-9(11)18-13)17-8-4-2-6-10-12(8)14(16)19-10/h1-6H. The second kappa shape index (κ2) is 3.35. The molecule has 4 rings (SSSR count). The van der Waals surface area contributed by atoms with Gasteiger partial charge in [0.2, 0.25) is 0 Å². The first kappa shape index (κ1) is 10.1. The van der Waals surface area contributed by atoms with E-state index in [4.69, 9.17) is 14.2 Å². The van der Waals surface area contributed by atoms with Crippen LogP contribution in [0.3, 0.4) is 0 Å². The van der Waals surface area contributed by atoms with E-state index >= 15 is 0 Å². The van der Waals surface area contributed by atoms with E-state index in [1.807, 2.05) is 0 Å². The monoisotopic (exact) mass is 254 g/mol. The van der Waals surface area contributed by atoms with Gasteiger partial charge in [0.1, 0.15) is 34.1 Å². The third-order valence-electron chi connectivity index (χ3n) is 3.01. The van der Waals surface area contributed by atoms with Crippen LogP contribution in [0.4, 0.5) is 0 Å². The molecule has 0 bridgehead atoms. The normalized spacial score (nSPS) is 14.3. The Labute approximate surface area is 107 Å². The Balaban J connectivity index is 1.78. The molecule has 2 aromatic rings. The molecule has 5 heteroatoms. The lowest BCUT2D eigenvalue weighted by Crippen LogP contribution is -2.23. The molecule has 0 fully saturated rings. The lowest BCUT2D eigenvalue weighted by atomic mass is 10.1. The molecular formula is C14H6O5. The van der Waals surface area contributed by atoms with Crippen LogP contribution in [0, 0.1) is 0 Å². The second-order valence-corrected chi connectivity index (χ2v) is 4.14. The molecule has 92 valence electrons. The minimum absolute atomic E-state index is 0.377. The first-order valence-corrected chi connectivity index (χ1v) is 5.62. The molecule has 2 aliphatic heterocycles. The minimum Gasteiger partial charge on any atom is -0.455 e. The molecule has 0 saturated carbocycles. The number of carbonyl (C=O) groups is 2. The molecule has 19 heavy (non-hydrogen) atoms. The van der Waals surface area contributed by atoms with Crippen LogP contribution in [-0.2, 0) is 0 Å². The summed E-state index contributed by atoms with van der Waals surface area (Å²) in [4.78, 5) is 22.7. The highest BCUT2D eigenvalue weighted by molar-refractivity contribution is 6.05. The van der Waals surface area contributed by atoms with E-state index in [-0.39, 0.29) is 0 Å². The van der Waals surface area contributed by atoms with E-state index in [0.29, 0.717) is 34.1 Å². The third-order valence-corrected chi connectivity index (χ3v) is 3.01. The van der Waals surface area contributed by atoms with Crippen molar-refractivity contribution in [1.82, 2.24) is 0 Å². The van der Waals surface area contributed by atoms with Gasteiger partial charge in [0, 0.05) is 0 Å². The average Bonchev–Trinajstić information content (AvgIpc) is 2.35. The molecule has 5 nitrogen and oxygen atoms in total. The van der Waals surface area contributed by atoms with Crippen molar-refractivity contribution in [3.63, 3.8) is 0 Å². The summed E-state index contributed by atoms with van der Waals surface area (Å²) in [7, 11) is 0. The molecule has 0 atom stereocenters. The van der Waals surface area contributed by atoms with Gasteiger partial charge >= 0.3 is 11.9 Å². The molecule has 0 N–H and O–H groups in total. The molecule has 0 radical (unpaired) electrons. The number of hydrogen-bond donors (Lipinski definition) is 0. The zero-order valence-electron chi connectivity index (χ0n) is 9.51. The maximum absolute atomic E-state index is 11.4. The summed E-state index contributed by atoms with van der Waals surface area (Å²) in [6, 6.07) is 10.1. The van der Waals surface area contributed by atoms with Gasteiger partial charge in [-0.3, -0.25) is 0 Å². The number of hydrogen-bond acceptors (Lipinski definition) is 5. The van der Waals surface area contributed by atoms with E-state index in [2.05, 4.69) is 0 Å². The molecule has 2 aromatic carbocycles. The van der Waals surface area contributed by atoms with Crippen molar-refractivity contribution < 1.29 is 23.8 Å². The SMILES string of the molecule is O=C1Oc2cccc(Oc3cccc4c3C(=O)O4)c21. The minimum atomic E-state index is -0.428. The Morgan fingerprint density at radius 1 is 0.737 bits per heavy atom. The van der Waals surface area contributed by atoms with Crippen molar-refractivity contribution in [2.75, 3.05) is 0 Å². The number of carbonyl (C=O) groups excluding carboxylic acids is 2. The number of esters is 2. The maximum atomic E-state index is 11.4. The van der Waals surface area contributed by atoms with E-state index in [1.165, 1.54) is 0 Å². The molecule has 0 unspecified atom stereocenters. The fourth-order valence-corrected chi connectivity index (χ4v) is 2.09. The van der Waals surface area contributed by atoms with Crippen LogP contribution < -0.4 is 14.2 Å². The van der Waals surface area contributed by atoms with Crippen LogP contribution in [0.2, 0.25) is 0 Å². The topological polar surface area (TPSA) is 61.8 Å². The van der Waals surface area contributed by atoms with Gasteiger partial charge in [-0.25, -0.2) is 9.59 Å². The predicted octanol–water partition coefficient (Wildman–Crippen LogP) is 2.54. The number of fused-ring (bicyclic) bond motifs is 2. The molecule has 2 heterocycles. The van der Waals surface area contributed by atoms with Crippen molar-refractivity contribution in [3.8, 4) is 23.0 Å². The van der Waals surface area contributed by atoms with Crippen molar-refractivity contribution in [2.45, 2.75) is 0 Å². The molecule has 0 amide bonds. The Kier molecular flexibility index (Phi) is 1.79. The Morgan fingerprint density at radius 2 is 1.21 bits per heavy atom. The van der Waals surface area contributed by atoms with Crippen LogP contribution in [0.1, 0.15) is 20.7 Å². The number of ether oxygens (including phenoxy) is 3. The lowest BCUT2D eigenvalue weighted by Gasteiger charge is -2.23. The van der Waals surface area contributed by atoms with E-state index in [9.17, 15) is 9.59 Å². The molecular weight excluding hydrogens is 248 g/mol. The molecule has 2 aliphatic rings. The molecule has 0 saturated heterocycles. The van der Waals surface area contributed by atoms with Gasteiger partial charge < -0.3 is 14.2 Å². The zero-order valence-corrected chi connectivity index (χ0v) is 9.51. The van der Waals surface area contributed by atoms with Gasteiger partial charge in [0.25, 0.3) is 0 Å². The zero-order chi connectivity index (χ0) is 13.0. The smallest absolute Gasteiger partial charge is 0.351 e. The van der Waals surface area contributed by atoms with Gasteiger partial charge in [-0.1, -0.05) is 12.1 Å². The highest BCUT2D eigenvalue weighted by Crippen LogP contribution is 2.42. The summed E-state index contributed by atoms with van der Waals surface area (Å²) >= 11 is 0.